The normalized spacial score (nSPS) is 11.6. The summed E-state index contributed by atoms with van der Waals surface area (Å²) in [5.41, 5.74) is 2.13. The lowest BCUT2D eigenvalue weighted by molar-refractivity contribution is -0.142. The molecule has 1 atom stereocenters. The van der Waals surface area contributed by atoms with Crippen molar-refractivity contribution in [3.8, 4) is 5.75 Å². The summed E-state index contributed by atoms with van der Waals surface area (Å²) in [6.45, 7) is 6.72. The van der Waals surface area contributed by atoms with E-state index in [2.05, 4.69) is 34.8 Å². The molecule has 0 bridgehead atoms. The Hall–Kier alpha value is -2.09. The topological polar surface area (TPSA) is 58.6 Å². The number of rotatable bonds is 10. The third-order valence-corrected chi connectivity index (χ3v) is 5.37. The maximum absolute atomic E-state index is 13.0. The van der Waals surface area contributed by atoms with E-state index in [9.17, 15) is 9.59 Å². The Labute approximate surface area is 187 Å². The molecule has 0 radical (unpaired) electrons. The lowest BCUT2D eigenvalue weighted by Crippen LogP contribution is -2.49. The van der Waals surface area contributed by atoms with Crippen LogP contribution in [0.2, 0.25) is 0 Å². The fourth-order valence-corrected chi connectivity index (χ4v) is 3.13. The third-order valence-electron chi connectivity index (χ3n) is 4.65. The smallest absolute Gasteiger partial charge is 0.261 e. The molecule has 156 valence electrons. The Kier molecular flexibility index (Phi) is 9.44. The molecule has 0 spiro atoms. The minimum atomic E-state index is -0.582. The van der Waals surface area contributed by atoms with Crippen LogP contribution in [0.4, 0.5) is 0 Å². The molecule has 2 amide bonds. The van der Waals surface area contributed by atoms with Crippen molar-refractivity contribution >= 4 is 34.4 Å². The molecule has 2 aromatic rings. The van der Waals surface area contributed by atoms with Crippen LogP contribution >= 0.6 is 22.6 Å². The van der Waals surface area contributed by atoms with Crippen LogP contribution in [0.15, 0.2) is 48.5 Å². The summed E-state index contributed by atoms with van der Waals surface area (Å²) in [7, 11) is 0. The summed E-state index contributed by atoms with van der Waals surface area (Å²) in [4.78, 5) is 27.1. The van der Waals surface area contributed by atoms with Crippen molar-refractivity contribution < 1.29 is 14.3 Å². The maximum atomic E-state index is 13.0. The van der Waals surface area contributed by atoms with Gasteiger partial charge in [0.2, 0.25) is 5.91 Å². The average Bonchev–Trinajstić information content (AvgIpc) is 2.72. The fourth-order valence-electron chi connectivity index (χ4n) is 2.77. The number of hydrogen-bond acceptors (Lipinski definition) is 3. The van der Waals surface area contributed by atoms with E-state index in [1.165, 1.54) is 0 Å². The van der Waals surface area contributed by atoms with Crippen molar-refractivity contribution in [3.63, 3.8) is 0 Å². The zero-order valence-electron chi connectivity index (χ0n) is 17.3. The predicted molar refractivity (Wildman–Crippen MR) is 124 cm³/mol. The number of benzene rings is 2. The highest BCUT2D eigenvalue weighted by atomic mass is 127. The SMILES string of the molecule is CCCCNC(=O)[C@H](C)N(Cc1ccc(C)cc1)C(=O)COc1ccc(I)cc1. The van der Waals surface area contributed by atoms with Gasteiger partial charge in [0, 0.05) is 16.7 Å². The Morgan fingerprint density at radius 2 is 1.76 bits per heavy atom. The predicted octanol–water partition coefficient (Wildman–Crippen LogP) is 4.31. The minimum absolute atomic E-state index is 0.112. The highest BCUT2D eigenvalue weighted by Gasteiger charge is 2.26. The van der Waals surface area contributed by atoms with E-state index in [1.807, 2.05) is 55.5 Å². The second-order valence-electron chi connectivity index (χ2n) is 7.07. The zero-order chi connectivity index (χ0) is 21.2. The molecule has 29 heavy (non-hydrogen) atoms. The summed E-state index contributed by atoms with van der Waals surface area (Å²) in [6, 6.07) is 14.9. The van der Waals surface area contributed by atoms with Gasteiger partial charge in [-0.25, -0.2) is 0 Å². The number of aryl methyl sites for hydroxylation is 1. The van der Waals surface area contributed by atoms with Crippen LogP contribution < -0.4 is 10.1 Å². The van der Waals surface area contributed by atoms with Crippen LogP contribution in [0.5, 0.6) is 5.75 Å². The van der Waals surface area contributed by atoms with Crippen LogP contribution in [-0.2, 0) is 16.1 Å². The quantitative estimate of drug-likeness (QED) is 0.385. The van der Waals surface area contributed by atoms with Crippen LogP contribution in [0.3, 0.4) is 0 Å². The van der Waals surface area contributed by atoms with Crippen molar-refractivity contribution in [2.75, 3.05) is 13.2 Å². The van der Waals surface area contributed by atoms with E-state index in [0.717, 1.165) is 27.5 Å². The second kappa shape index (κ2) is 11.8. The molecule has 2 aromatic carbocycles. The molecular weight excluding hydrogens is 479 g/mol. The average molecular weight is 508 g/mol. The molecule has 0 saturated carbocycles. The van der Waals surface area contributed by atoms with Gasteiger partial charge in [0.05, 0.1) is 0 Å². The van der Waals surface area contributed by atoms with E-state index in [0.29, 0.717) is 18.8 Å². The summed E-state index contributed by atoms with van der Waals surface area (Å²) in [5, 5.41) is 2.92. The molecule has 0 aromatic heterocycles. The van der Waals surface area contributed by atoms with Crippen LogP contribution in [0, 0.1) is 10.5 Å². The van der Waals surface area contributed by atoms with Gasteiger partial charge in [-0.1, -0.05) is 43.2 Å². The zero-order valence-corrected chi connectivity index (χ0v) is 19.4. The molecule has 0 fully saturated rings. The first-order valence-corrected chi connectivity index (χ1v) is 11.0. The number of carbonyl (C=O) groups excluding carboxylic acids is 2. The summed E-state index contributed by atoms with van der Waals surface area (Å²) < 4.78 is 6.76. The molecular formula is C23H29IN2O3. The third kappa shape index (κ3) is 7.68. The van der Waals surface area contributed by atoms with E-state index in [-0.39, 0.29) is 18.4 Å². The second-order valence-corrected chi connectivity index (χ2v) is 8.32. The Bertz CT molecular complexity index is 791. The van der Waals surface area contributed by atoms with Gasteiger partial charge < -0.3 is 15.0 Å². The van der Waals surface area contributed by atoms with Crippen molar-refractivity contribution in [1.29, 1.82) is 0 Å². The van der Waals surface area contributed by atoms with Crippen molar-refractivity contribution in [1.82, 2.24) is 10.2 Å². The van der Waals surface area contributed by atoms with Gasteiger partial charge in [-0.15, -0.1) is 0 Å². The van der Waals surface area contributed by atoms with E-state index in [1.54, 1.807) is 11.8 Å². The largest absolute Gasteiger partial charge is 0.484 e. The van der Waals surface area contributed by atoms with Gasteiger partial charge in [-0.2, -0.15) is 0 Å². The van der Waals surface area contributed by atoms with E-state index >= 15 is 0 Å². The number of halogens is 1. The van der Waals surface area contributed by atoms with Gasteiger partial charge in [0.1, 0.15) is 11.8 Å². The molecule has 5 nitrogen and oxygen atoms in total. The number of unbranched alkanes of at least 4 members (excludes halogenated alkanes) is 1. The number of ether oxygens (including phenoxy) is 1. The first-order chi connectivity index (χ1) is 13.9. The van der Waals surface area contributed by atoms with Gasteiger partial charge in [0.15, 0.2) is 6.61 Å². The van der Waals surface area contributed by atoms with Gasteiger partial charge in [-0.05, 0) is 72.7 Å². The standard InChI is InChI=1S/C23H29IN2O3/c1-4-5-14-25-23(28)18(3)26(15-19-8-6-17(2)7-9-19)22(27)16-29-21-12-10-20(24)11-13-21/h6-13,18H,4-5,14-16H2,1-3H3,(H,25,28)/t18-/m0/s1. The van der Waals surface area contributed by atoms with Gasteiger partial charge >= 0.3 is 0 Å². The van der Waals surface area contributed by atoms with E-state index < -0.39 is 6.04 Å². The van der Waals surface area contributed by atoms with Crippen molar-refractivity contribution in [2.24, 2.45) is 0 Å². The monoisotopic (exact) mass is 508 g/mol. The summed E-state index contributed by atoms with van der Waals surface area (Å²) >= 11 is 2.22. The van der Waals surface area contributed by atoms with E-state index in [4.69, 9.17) is 4.74 Å². The molecule has 0 aliphatic heterocycles. The first kappa shape index (κ1) is 23.2. The molecule has 2 rings (SSSR count). The summed E-state index contributed by atoms with van der Waals surface area (Å²) in [5.74, 6) is 0.268. The minimum Gasteiger partial charge on any atom is -0.484 e. The molecule has 6 heteroatoms. The highest BCUT2D eigenvalue weighted by molar-refractivity contribution is 14.1. The Balaban J connectivity index is 2.08. The molecule has 1 N–H and O–H groups in total. The Morgan fingerprint density at radius 3 is 2.38 bits per heavy atom. The number of amides is 2. The van der Waals surface area contributed by atoms with Crippen molar-refractivity contribution in [2.45, 2.75) is 46.2 Å². The fraction of sp³-hybridized carbons (Fsp3) is 0.391. The lowest BCUT2D eigenvalue weighted by atomic mass is 10.1. The Morgan fingerprint density at radius 1 is 1.10 bits per heavy atom. The number of nitrogens with one attached hydrogen (secondary N) is 1. The molecule has 0 aliphatic carbocycles. The number of carbonyl (C=O) groups is 2. The molecule has 0 saturated heterocycles. The highest BCUT2D eigenvalue weighted by Crippen LogP contribution is 2.15. The maximum Gasteiger partial charge on any atom is 0.261 e. The van der Waals surface area contributed by atoms with Crippen LogP contribution in [0.1, 0.15) is 37.8 Å². The van der Waals surface area contributed by atoms with Crippen LogP contribution in [0.25, 0.3) is 0 Å². The number of hydrogen-bond donors (Lipinski definition) is 1. The molecule has 0 unspecified atom stereocenters. The van der Waals surface area contributed by atoms with Gasteiger partial charge in [-0.3, -0.25) is 9.59 Å². The van der Waals surface area contributed by atoms with Gasteiger partial charge in [0.25, 0.3) is 5.91 Å². The lowest BCUT2D eigenvalue weighted by Gasteiger charge is -2.28. The molecule has 0 heterocycles. The van der Waals surface area contributed by atoms with Crippen molar-refractivity contribution in [3.05, 3.63) is 63.2 Å². The molecule has 0 aliphatic rings. The first-order valence-electron chi connectivity index (χ1n) is 9.91. The van der Waals surface area contributed by atoms with Crippen LogP contribution in [-0.4, -0.2) is 35.9 Å². The summed E-state index contributed by atoms with van der Waals surface area (Å²) in [6.07, 6.45) is 1.92. The number of nitrogens with zero attached hydrogens (tertiary/aromatic N) is 1.